The molecule has 0 fully saturated rings. The van der Waals surface area contributed by atoms with Gasteiger partial charge in [0.15, 0.2) is 0 Å². The normalized spacial score (nSPS) is 11.6. The first-order chi connectivity index (χ1) is 23.9. The van der Waals surface area contributed by atoms with Gasteiger partial charge in [-0.25, -0.2) is 0 Å². The lowest BCUT2D eigenvalue weighted by molar-refractivity contribution is -0.0278. The predicted molar refractivity (Wildman–Crippen MR) is 187 cm³/mol. The molecule has 0 saturated carbocycles. The first kappa shape index (κ1) is 47.5. The Kier molecular flexibility index (Phi) is 46.1. The summed E-state index contributed by atoms with van der Waals surface area (Å²) in [5.74, 6) is 0. The maximum atomic E-state index is 8.58. The molecule has 0 aliphatic carbocycles. The summed E-state index contributed by atoms with van der Waals surface area (Å²) in [7, 11) is 0. The van der Waals surface area contributed by atoms with Crippen molar-refractivity contribution < 1.29 is 57.2 Å². The fraction of sp³-hybridized carbons (Fsp3) is 1.00. The van der Waals surface area contributed by atoms with E-state index in [0.29, 0.717) is 139 Å². The minimum Gasteiger partial charge on any atom is -0.394 e. The second-order valence-electron chi connectivity index (χ2n) is 11.3. The van der Waals surface area contributed by atoms with E-state index >= 15 is 0 Å². The highest BCUT2D eigenvalue weighted by molar-refractivity contribution is 4.49. The molecule has 1 N–H and O–H groups in total. The van der Waals surface area contributed by atoms with Gasteiger partial charge >= 0.3 is 0 Å². The summed E-state index contributed by atoms with van der Waals surface area (Å²) in [4.78, 5) is 0. The lowest BCUT2D eigenvalue weighted by atomic mass is 10.1. The molecular formula is C36H74O12. The molecule has 0 aliphatic rings. The average molecular weight is 699 g/mol. The Balaban J connectivity index is 3.04. The van der Waals surface area contributed by atoms with Gasteiger partial charge in [-0.3, -0.25) is 0 Å². The zero-order valence-electron chi connectivity index (χ0n) is 30.7. The molecule has 0 aliphatic heterocycles. The van der Waals surface area contributed by atoms with E-state index in [4.69, 9.17) is 57.2 Å². The van der Waals surface area contributed by atoms with Crippen LogP contribution < -0.4 is 0 Å². The van der Waals surface area contributed by atoms with Crippen molar-refractivity contribution >= 4 is 0 Å². The highest BCUT2D eigenvalue weighted by Gasteiger charge is 1.97. The van der Waals surface area contributed by atoms with Crippen molar-refractivity contribution in [3.05, 3.63) is 0 Å². The number of hydrogen-bond donors (Lipinski definition) is 1. The van der Waals surface area contributed by atoms with Crippen LogP contribution in [0, 0.1) is 0 Å². The van der Waals surface area contributed by atoms with Crippen molar-refractivity contribution in [1.82, 2.24) is 0 Å². The van der Waals surface area contributed by atoms with E-state index < -0.39 is 0 Å². The summed E-state index contributed by atoms with van der Waals surface area (Å²) < 4.78 is 60.0. The molecule has 12 heteroatoms. The second-order valence-corrected chi connectivity index (χ2v) is 11.3. The van der Waals surface area contributed by atoms with E-state index in [-0.39, 0.29) is 6.61 Å². The first-order valence-corrected chi connectivity index (χ1v) is 18.9. The lowest BCUT2D eigenvalue weighted by Crippen LogP contribution is -2.15. The van der Waals surface area contributed by atoms with Crippen LogP contribution in [-0.2, 0) is 52.1 Å². The minimum atomic E-state index is 0.0285. The van der Waals surface area contributed by atoms with Crippen molar-refractivity contribution in [2.75, 3.05) is 152 Å². The Hall–Kier alpha value is -0.480. The van der Waals surface area contributed by atoms with Gasteiger partial charge in [-0.15, -0.1) is 0 Å². The van der Waals surface area contributed by atoms with E-state index in [1.54, 1.807) is 0 Å². The number of ether oxygens (including phenoxy) is 11. The van der Waals surface area contributed by atoms with Gasteiger partial charge in [0, 0.05) is 6.61 Å². The summed E-state index contributed by atoms with van der Waals surface area (Å²) in [6.45, 7) is 14.1. The molecule has 48 heavy (non-hydrogen) atoms. The molecule has 0 radical (unpaired) electrons. The standard InChI is InChI=1S/C36H74O12/c1-2-3-4-5-6-7-8-9-10-11-12-13-15-38-17-19-40-21-23-42-25-27-44-29-31-46-33-35-48-36-34-47-32-30-45-28-26-43-24-22-41-20-18-39-16-14-37/h37H,2-36H2,1H3. The van der Waals surface area contributed by atoms with Crippen LogP contribution in [0.2, 0.25) is 0 Å². The molecule has 0 aromatic rings. The number of hydrogen-bond acceptors (Lipinski definition) is 12. The van der Waals surface area contributed by atoms with Crippen LogP contribution in [0.1, 0.15) is 84.0 Å². The molecule has 0 aromatic heterocycles. The van der Waals surface area contributed by atoms with Gasteiger partial charge in [0.25, 0.3) is 0 Å². The molecule has 290 valence electrons. The Labute approximate surface area is 293 Å². The molecule has 12 nitrogen and oxygen atoms in total. The Morgan fingerprint density at radius 1 is 0.229 bits per heavy atom. The van der Waals surface area contributed by atoms with Crippen LogP contribution in [0.15, 0.2) is 0 Å². The second kappa shape index (κ2) is 46.5. The van der Waals surface area contributed by atoms with Crippen LogP contribution in [0.3, 0.4) is 0 Å². The van der Waals surface area contributed by atoms with Crippen molar-refractivity contribution in [3.8, 4) is 0 Å². The SMILES string of the molecule is CCCCCCCCCCCCCCOCCOCCOCCOCCOCCOCCOCCOCCOCCOCCOCCO. The molecule has 0 atom stereocenters. The minimum absolute atomic E-state index is 0.0285. The summed E-state index contributed by atoms with van der Waals surface area (Å²) in [5.41, 5.74) is 0. The average Bonchev–Trinajstić information content (AvgIpc) is 3.10. The third-order valence-electron chi connectivity index (χ3n) is 7.10. The van der Waals surface area contributed by atoms with E-state index in [1.165, 1.54) is 70.6 Å². The van der Waals surface area contributed by atoms with Crippen LogP contribution in [0.5, 0.6) is 0 Å². The van der Waals surface area contributed by atoms with Gasteiger partial charge in [0.1, 0.15) is 0 Å². The van der Waals surface area contributed by atoms with Crippen LogP contribution in [0.25, 0.3) is 0 Å². The van der Waals surface area contributed by atoms with Crippen molar-refractivity contribution in [2.45, 2.75) is 84.0 Å². The monoisotopic (exact) mass is 699 g/mol. The topological polar surface area (TPSA) is 122 Å². The molecule has 0 rings (SSSR count). The Morgan fingerprint density at radius 3 is 0.646 bits per heavy atom. The van der Waals surface area contributed by atoms with Gasteiger partial charge in [0.2, 0.25) is 0 Å². The highest BCUT2D eigenvalue weighted by atomic mass is 16.6. The van der Waals surface area contributed by atoms with Gasteiger partial charge in [-0.2, -0.15) is 0 Å². The van der Waals surface area contributed by atoms with Crippen molar-refractivity contribution in [3.63, 3.8) is 0 Å². The van der Waals surface area contributed by atoms with Gasteiger partial charge in [0.05, 0.1) is 145 Å². The van der Waals surface area contributed by atoms with Gasteiger partial charge in [-0.1, -0.05) is 77.6 Å². The summed E-state index contributed by atoms with van der Waals surface area (Å²) in [6.07, 6.45) is 16.3. The van der Waals surface area contributed by atoms with E-state index in [2.05, 4.69) is 6.92 Å². The molecular weight excluding hydrogens is 624 g/mol. The smallest absolute Gasteiger partial charge is 0.0701 e. The Morgan fingerprint density at radius 2 is 0.417 bits per heavy atom. The molecule has 0 bridgehead atoms. The maximum absolute atomic E-state index is 8.58. The highest BCUT2D eigenvalue weighted by Crippen LogP contribution is 2.11. The molecule has 0 heterocycles. The number of rotatable bonds is 45. The molecule has 0 unspecified atom stereocenters. The number of unbranched alkanes of at least 4 members (excludes halogenated alkanes) is 11. The predicted octanol–water partition coefficient (Wildman–Crippen LogP) is 4.86. The molecule has 0 aromatic carbocycles. The lowest BCUT2D eigenvalue weighted by Gasteiger charge is -2.09. The first-order valence-electron chi connectivity index (χ1n) is 18.9. The van der Waals surface area contributed by atoms with Gasteiger partial charge in [-0.05, 0) is 6.42 Å². The van der Waals surface area contributed by atoms with E-state index in [1.807, 2.05) is 0 Å². The number of aliphatic hydroxyl groups is 1. The molecule has 0 amide bonds. The fourth-order valence-electron chi connectivity index (χ4n) is 4.41. The zero-order valence-corrected chi connectivity index (χ0v) is 30.7. The van der Waals surface area contributed by atoms with Crippen LogP contribution >= 0.6 is 0 Å². The third-order valence-corrected chi connectivity index (χ3v) is 7.10. The molecule has 0 spiro atoms. The van der Waals surface area contributed by atoms with Crippen LogP contribution in [0.4, 0.5) is 0 Å². The quantitative estimate of drug-likeness (QED) is 0.0875. The van der Waals surface area contributed by atoms with E-state index in [0.717, 1.165) is 13.0 Å². The van der Waals surface area contributed by atoms with Crippen LogP contribution in [-0.4, -0.2) is 157 Å². The fourth-order valence-corrected chi connectivity index (χ4v) is 4.41. The largest absolute Gasteiger partial charge is 0.394 e. The Bertz CT molecular complexity index is 501. The third kappa shape index (κ3) is 45.5. The number of aliphatic hydroxyl groups excluding tert-OH is 1. The van der Waals surface area contributed by atoms with Gasteiger partial charge < -0.3 is 57.2 Å². The molecule has 0 saturated heterocycles. The summed E-state index contributed by atoms with van der Waals surface area (Å²) >= 11 is 0. The summed E-state index contributed by atoms with van der Waals surface area (Å²) in [6, 6.07) is 0. The van der Waals surface area contributed by atoms with Crippen molar-refractivity contribution in [2.24, 2.45) is 0 Å². The summed E-state index contributed by atoms with van der Waals surface area (Å²) in [5, 5.41) is 8.58. The zero-order chi connectivity index (χ0) is 34.5. The van der Waals surface area contributed by atoms with E-state index in [9.17, 15) is 0 Å². The van der Waals surface area contributed by atoms with Crippen molar-refractivity contribution in [1.29, 1.82) is 0 Å². The maximum Gasteiger partial charge on any atom is 0.0701 e.